The van der Waals surface area contributed by atoms with Crippen LogP contribution in [0.1, 0.15) is 43.6 Å². The Morgan fingerprint density at radius 2 is 2.13 bits per heavy atom. The molecule has 0 saturated carbocycles. The molecule has 6 nitrogen and oxygen atoms in total. The van der Waals surface area contributed by atoms with Gasteiger partial charge in [0.15, 0.2) is 5.82 Å². The molecular formula is C16H23N5OS. The number of nitrogens with two attached hydrogens (primary N) is 1. The van der Waals surface area contributed by atoms with Crippen LogP contribution in [0.15, 0.2) is 23.4 Å². The Balaban J connectivity index is 2.04. The first-order valence-electron chi connectivity index (χ1n) is 7.65. The number of hydrogen-bond donors (Lipinski definition) is 2. The van der Waals surface area contributed by atoms with Crippen molar-refractivity contribution in [3.8, 4) is 0 Å². The zero-order chi connectivity index (χ0) is 17.0. The number of nitrogens with one attached hydrogen (secondary N) is 1. The van der Waals surface area contributed by atoms with Crippen molar-refractivity contribution in [2.75, 3.05) is 16.9 Å². The number of rotatable bonds is 6. The average Bonchev–Trinajstić information content (AvgIpc) is 2.87. The normalized spacial score (nSPS) is 11.0. The van der Waals surface area contributed by atoms with E-state index in [1.54, 1.807) is 0 Å². The number of carbonyl (C=O) groups is 1. The second kappa shape index (κ2) is 7.50. The third-order valence-electron chi connectivity index (χ3n) is 3.58. The first-order valence-corrected chi connectivity index (χ1v) is 8.64. The summed E-state index contributed by atoms with van der Waals surface area (Å²) in [6.07, 6.45) is 0.706. The van der Waals surface area contributed by atoms with Crippen molar-refractivity contribution in [1.29, 1.82) is 0 Å². The molecule has 0 spiro atoms. The number of carbonyl (C=O) groups excluding carboxylic acids is 1. The molecule has 0 aliphatic heterocycles. The summed E-state index contributed by atoms with van der Waals surface area (Å²) in [4.78, 5) is 12.3. The van der Waals surface area contributed by atoms with E-state index in [-0.39, 0.29) is 11.7 Å². The Morgan fingerprint density at radius 1 is 1.39 bits per heavy atom. The van der Waals surface area contributed by atoms with Gasteiger partial charge in [0.2, 0.25) is 11.1 Å². The van der Waals surface area contributed by atoms with Crippen LogP contribution < -0.4 is 11.2 Å². The molecule has 0 fully saturated rings. The smallest absolute Gasteiger partial charge is 0.234 e. The first kappa shape index (κ1) is 17.3. The summed E-state index contributed by atoms with van der Waals surface area (Å²) in [6, 6.07) is 6.06. The van der Waals surface area contributed by atoms with Crippen molar-refractivity contribution in [3.63, 3.8) is 0 Å². The maximum Gasteiger partial charge on any atom is 0.234 e. The van der Waals surface area contributed by atoms with Gasteiger partial charge in [0.25, 0.3) is 0 Å². The number of nitrogen functional groups attached to an aromatic ring is 1. The van der Waals surface area contributed by atoms with Gasteiger partial charge in [-0.25, -0.2) is 4.68 Å². The van der Waals surface area contributed by atoms with E-state index in [9.17, 15) is 4.79 Å². The van der Waals surface area contributed by atoms with Crippen molar-refractivity contribution >= 4 is 23.4 Å². The molecule has 2 rings (SSSR count). The molecule has 0 bridgehead atoms. The van der Waals surface area contributed by atoms with Gasteiger partial charge in [-0.3, -0.25) is 4.79 Å². The predicted molar refractivity (Wildman–Crippen MR) is 94.2 cm³/mol. The molecule has 0 radical (unpaired) electrons. The highest BCUT2D eigenvalue weighted by Crippen LogP contribution is 2.27. The minimum atomic E-state index is -0.0766. The fourth-order valence-electron chi connectivity index (χ4n) is 2.29. The Bertz CT molecular complexity index is 696. The number of nitrogens with zero attached hydrogens (tertiary/aromatic N) is 3. The van der Waals surface area contributed by atoms with Gasteiger partial charge in [-0.15, -0.1) is 10.2 Å². The van der Waals surface area contributed by atoms with Crippen LogP contribution in [0.3, 0.4) is 0 Å². The fourth-order valence-corrected chi connectivity index (χ4v) is 2.97. The van der Waals surface area contributed by atoms with E-state index in [1.165, 1.54) is 16.4 Å². The van der Waals surface area contributed by atoms with Crippen LogP contribution in [0.4, 0.5) is 5.69 Å². The Labute approximate surface area is 140 Å². The molecule has 23 heavy (non-hydrogen) atoms. The summed E-state index contributed by atoms with van der Waals surface area (Å²) >= 11 is 1.28. The van der Waals surface area contributed by atoms with Gasteiger partial charge in [-0.05, 0) is 24.0 Å². The molecule has 0 unspecified atom stereocenters. The van der Waals surface area contributed by atoms with Crippen molar-refractivity contribution in [1.82, 2.24) is 14.9 Å². The number of para-hydroxylation sites is 1. The third kappa shape index (κ3) is 4.04. The number of aromatic nitrogens is 3. The monoisotopic (exact) mass is 333 g/mol. The maximum absolute atomic E-state index is 12.3. The van der Waals surface area contributed by atoms with Crippen molar-refractivity contribution < 1.29 is 4.79 Å². The van der Waals surface area contributed by atoms with Crippen molar-refractivity contribution in [2.24, 2.45) is 0 Å². The molecule has 0 atom stereocenters. The molecule has 7 heteroatoms. The van der Waals surface area contributed by atoms with Crippen LogP contribution in [0, 0.1) is 6.92 Å². The van der Waals surface area contributed by atoms with Crippen LogP contribution in [-0.2, 0) is 11.2 Å². The van der Waals surface area contributed by atoms with Crippen LogP contribution in [-0.4, -0.2) is 26.5 Å². The number of benzene rings is 1. The highest BCUT2D eigenvalue weighted by Gasteiger charge is 2.14. The SMILES string of the molecule is CCc1nnc(SCC(=O)Nc2c(C)cccc2C(C)C)n1N. The number of thioether (sulfide) groups is 1. The summed E-state index contributed by atoms with van der Waals surface area (Å²) in [5.74, 6) is 7.09. The summed E-state index contributed by atoms with van der Waals surface area (Å²) < 4.78 is 1.44. The van der Waals surface area contributed by atoms with E-state index in [2.05, 4.69) is 29.4 Å². The zero-order valence-electron chi connectivity index (χ0n) is 14.0. The van der Waals surface area contributed by atoms with Crippen LogP contribution in [0.5, 0.6) is 0 Å². The Kier molecular flexibility index (Phi) is 5.65. The second-order valence-electron chi connectivity index (χ2n) is 5.65. The van der Waals surface area contributed by atoms with E-state index in [1.807, 2.05) is 32.0 Å². The van der Waals surface area contributed by atoms with Gasteiger partial charge < -0.3 is 11.2 Å². The van der Waals surface area contributed by atoms with Gasteiger partial charge in [0, 0.05) is 12.1 Å². The molecule has 1 amide bonds. The third-order valence-corrected chi connectivity index (χ3v) is 4.52. The van der Waals surface area contributed by atoms with Gasteiger partial charge in [-0.2, -0.15) is 0 Å². The van der Waals surface area contributed by atoms with E-state index >= 15 is 0 Å². The van der Waals surface area contributed by atoms with Gasteiger partial charge in [0.05, 0.1) is 5.75 Å². The summed E-state index contributed by atoms with van der Waals surface area (Å²) in [7, 11) is 0. The van der Waals surface area contributed by atoms with Crippen LogP contribution in [0.2, 0.25) is 0 Å². The molecule has 2 aromatic rings. The number of aryl methyl sites for hydroxylation is 2. The number of amides is 1. The van der Waals surface area contributed by atoms with Gasteiger partial charge in [0.1, 0.15) is 0 Å². The lowest BCUT2D eigenvalue weighted by atomic mass is 9.98. The number of anilines is 1. The first-order chi connectivity index (χ1) is 10.9. The molecule has 1 heterocycles. The van der Waals surface area contributed by atoms with Crippen LogP contribution in [0.25, 0.3) is 0 Å². The standard InChI is InChI=1S/C16H23N5OS/c1-5-13-19-20-16(21(13)17)23-9-14(22)18-15-11(4)7-6-8-12(15)10(2)3/h6-8,10H,5,9,17H2,1-4H3,(H,18,22). The maximum atomic E-state index is 12.3. The lowest BCUT2D eigenvalue weighted by molar-refractivity contribution is -0.113. The summed E-state index contributed by atoms with van der Waals surface area (Å²) in [6.45, 7) is 8.18. The van der Waals surface area contributed by atoms with E-state index in [0.717, 1.165) is 16.8 Å². The second-order valence-corrected chi connectivity index (χ2v) is 6.60. The van der Waals surface area contributed by atoms with E-state index < -0.39 is 0 Å². The average molecular weight is 333 g/mol. The molecule has 3 N–H and O–H groups in total. The Morgan fingerprint density at radius 3 is 2.74 bits per heavy atom. The van der Waals surface area contributed by atoms with Crippen molar-refractivity contribution in [3.05, 3.63) is 35.2 Å². The largest absolute Gasteiger partial charge is 0.336 e. The zero-order valence-corrected chi connectivity index (χ0v) is 14.8. The summed E-state index contributed by atoms with van der Waals surface area (Å²) in [5.41, 5.74) is 3.10. The molecule has 0 aliphatic carbocycles. The molecule has 0 aliphatic rings. The minimum absolute atomic E-state index is 0.0766. The molecule has 1 aromatic carbocycles. The topological polar surface area (TPSA) is 85.8 Å². The Hall–Kier alpha value is -2.02. The highest BCUT2D eigenvalue weighted by molar-refractivity contribution is 7.99. The molecule has 0 saturated heterocycles. The van der Waals surface area contributed by atoms with Crippen LogP contribution >= 0.6 is 11.8 Å². The van der Waals surface area contributed by atoms with Gasteiger partial charge >= 0.3 is 0 Å². The van der Waals surface area contributed by atoms with E-state index in [4.69, 9.17) is 5.84 Å². The molecule has 124 valence electrons. The minimum Gasteiger partial charge on any atom is -0.336 e. The highest BCUT2D eigenvalue weighted by atomic mass is 32.2. The lowest BCUT2D eigenvalue weighted by Gasteiger charge is -2.16. The van der Waals surface area contributed by atoms with Crippen molar-refractivity contribution in [2.45, 2.75) is 45.2 Å². The molecule has 1 aromatic heterocycles. The van der Waals surface area contributed by atoms with E-state index in [0.29, 0.717) is 23.3 Å². The predicted octanol–water partition coefficient (Wildman–Crippen LogP) is 2.72. The summed E-state index contributed by atoms with van der Waals surface area (Å²) in [5, 5.41) is 11.5. The molecular weight excluding hydrogens is 310 g/mol. The number of hydrogen-bond acceptors (Lipinski definition) is 5. The fraction of sp³-hybridized carbons (Fsp3) is 0.438. The quantitative estimate of drug-likeness (QED) is 0.627. The lowest BCUT2D eigenvalue weighted by Crippen LogP contribution is -2.18. The van der Waals surface area contributed by atoms with Gasteiger partial charge in [-0.1, -0.05) is 50.7 Å².